The molecule has 1 aliphatic heterocycles. The summed E-state index contributed by atoms with van der Waals surface area (Å²) >= 11 is 0. The summed E-state index contributed by atoms with van der Waals surface area (Å²) in [6, 6.07) is 16.2. The fourth-order valence-electron chi connectivity index (χ4n) is 4.52. The van der Waals surface area contributed by atoms with Crippen LogP contribution >= 0.6 is 0 Å². The third kappa shape index (κ3) is 5.73. The van der Waals surface area contributed by atoms with Crippen LogP contribution in [-0.2, 0) is 28.0 Å². The maximum absolute atomic E-state index is 13.2. The quantitative estimate of drug-likeness (QED) is 0.419. The van der Waals surface area contributed by atoms with E-state index in [0.717, 1.165) is 29.7 Å². The summed E-state index contributed by atoms with van der Waals surface area (Å²) in [7, 11) is 0. The van der Waals surface area contributed by atoms with Gasteiger partial charge >= 0.3 is 12.0 Å². The van der Waals surface area contributed by atoms with Gasteiger partial charge in [-0.15, -0.1) is 0 Å². The molecule has 3 aromatic rings. The number of carbonyl (C=O) groups excluding carboxylic acids is 2. The number of rotatable bonds is 8. The van der Waals surface area contributed by atoms with E-state index in [0.29, 0.717) is 23.7 Å². The number of carboxylic acids is 1. The maximum atomic E-state index is 13.2. The predicted molar refractivity (Wildman–Crippen MR) is 135 cm³/mol. The molecular weight excluding hydrogens is 460 g/mol. The predicted octanol–water partition coefficient (Wildman–Crippen LogP) is 4.72. The number of nitrogens with one attached hydrogen (secondary N) is 2. The summed E-state index contributed by atoms with van der Waals surface area (Å²) < 4.78 is 5.34. The summed E-state index contributed by atoms with van der Waals surface area (Å²) in [4.78, 5) is 38.2. The van der Waals surface area contributed by atoms with Crippen molar-refractivity contribution in [2.24, 2.45) is 0 Å². The van der Waals surface area contributed by atoms with Crippen LogP contribution in [0.3, 0.4) is 0 Å². The summed E-state index contributed by atoms with van der Waals surface area (Å²) in [5.41, 5.74) is 3.22. The SMILES string of the molecule is Cc1ccccc1NC(=O)Nc1ccc(CC(=O)N2CCCC2(C)c2cc(CCC(=O)O)on2)cc1. The molecule has 0 bridgehead atoms. The number of para-hydroxylation sites is 1. The number of carboxylic acid groups (broad SMARTS) is 1. The van der Waals surface area contributed by atoms with Gasteiger partial charge in [-0.1, -0.05) is 35.5 Å². The normalized spacial score (nSPS) is 17.1. The Morgan fingerprint density at radius 3 is 2.58 bits per heavy atom. The molecule has 1 aliphatic rings. The van der Waals surface area contributed by atoms with Crippen molar-refractivity contribution in [2.45, 2.75) is 51.5 Å². The van der Waals surface area contributed by atoms with Crippen LogP contribution in [-0.4, -0.2) is 39.6 Å². The van der Waals surface area contributed by atoms with Gasteiger partial charge in [-0.2, -0.15) is 0 Å². The van der Waals surface area contributed by atoms with E-state index in [9.17, 15) is 14.4 Å². The Kier molecular flexibility index (Phi) is 7.38. The number of carbonyl (C=O) groups is 3. The van der Waals surface area contributed by atoms with Crippen LogP contribution in [0.1, 0.15) is 48.8 Å². The highest BCUT2D eigenvalue weighted by Crippen LogP contribution is 2.38. The number of hydrogen-bond acceptors (Lipinski definition) is 5. The molecule has 1 saturated heterocycles. The summed E-state index contributed by atoms with van der Waals surface area (Å²) in [5.74, 6) is -0.421. The van der Waals surface area contributed by atoms with Gasteiger partial charge in [0.1, 0.15) is 11.5 Å². The van der Waals surface area contributed by atoms with Gasteiger partial charge < -0.3 is 25.2 Å². The van der Waals surface area contributed by atoms with Crippen molar-refractivity contribution in [3.63, 3.8) is 0 Å². The fraction of sp³-hybridized carbons (Fsp3) is 0.333. The lowest BCUT2D eigenvalue weighted by molar-refractivity contribution is -0.137. The van der Waals surface area contributed by atoms with E-state index in [2.05, 4.69) is 15.8 Å². The minimum Gasteiger partial charge on any atom is -0.481 e. The molecule has 36 heavy (non-hydrogen) atoms. The van der Waals surface area contributed by atoms with Crippen molar-refractivity contribution in [3.8, 4) is 0 Å². The van der Waals surface area contributed by atoms with Gasteiger partial charge in [-0.25, -0.2) is 4.79 Å². The second-order valence-electron chi connectivity index (χ2n) is 9.26. The number of aryl methyl sites for hydroxylation is 2. The summed E-state index contributed by atoms with van der Waals surface area (Å²) in [6.07, 6.45) is 2.04. The Balaban J connectivity index is 1.36. The highest BCUT2D eigenvalue weighted by atomic mass is 16.5. The summed E-state index contributed by atoms with van der Waals surface area (Å²) in [5, 5.41) is 18.7. The molecule has 2 heterocycles. The van der Waals surface area contributed by atoms with Crippen molar-refractivity contribution in [1.29, 1.82) is 0 Å². The lowest BCUT2D eigenvalue weighted by Gasteiger charge is -2.33. The van der Waals surface area contributed by atoms with E-state index in [1.807, 2.05) is 55.1 Å². The molecule has 9 nitrogen and oxygen atoms in total. The van der Waals surface area contributed by atoms with E-state index < -0.39 is 11.5 Å². The first-order valence-electron chi connectivity index (χ1n) is 12.0. The molecule has 2 aromatic carbocycles. The number of nitrogens with zero attached hydrogens (tertiary/aromatic N) is 2. The van der Waals surface area contributed by atoms with Crippen LogP contribution in [0.15, 0.2) is 59.1 Å². The van der Waals surface area contributed by atoms with Crippen molar-refractivity contribution < 1.29 is 24.0 Å². The highest BCUT2D eigenvalue weighted by Gasteiger charge is 2.43. The molecule has 1 atom stereocenters. The molecule has 4 rings (SSSR count). The van der Waals surface area contributed by atoms with Crippen LogP contribution < -0.4 is 10.6 Å². The first kappa shape index (κ1) is 25.0. The Bertz CT molecular complexity index is 1250. The lowest BCUT2D eigenvalue weighted by atomic mass is 9.93. The number of aliphatic carboxylic acids is 1. The molecule has 188 valence electrons. The molecule has 0 aliphatic carbocycles. The van der Waals surface area contributed by atoms with Crippen LogP contribution in [0.5, 0.6) is 0 Å². The second-order valence-corrected chi connectivity index (χ2v) is 9.26. The molecule has 0 radical (unpaired) electrons. The number of benzene rings is 2. The fourth-order valence-corrected chi connectivity index (χ4v) is 4.52. The van der Waals surface area contributed by atoms with Gasteiger partial charge in [0, 0.05) is 30.4 Å². The number of anilines is 2. The maximum Gasteiger partial charge on any atom is 0.323 e. The smallest absolute Gasteiger partial charge is 0.323 e. The van der Waals surface area contributed by atoms with Crippen LogP contribution in [0.2, 0.25) is 0 Å². The van der Waals surface area contributed by atoms with Gasteiger partial charge in [0.05, 0.1) is 18.4 Å². The largest absolute Gasteiger partial charge is 0.481 e. The molecule has 1 fully saturated rings. The number of likely N-dealkylation sites (tertiary alicyclic amines) is 1. The van der Waals surface area contributed by atoms with Gasteiger partial charge in [0.25, 0.3) is 0 Å². The first-order chi connectivity index (χ1) is 17.2. The molecule has 1 unspecified atom stereocenters. The zero-order valence-corrected chi connectivity index (χ0v) is 20.4. The minimum absolute atomic E-state index is 0.0249. The lowest BCUT2D eigenvalue weighted by Crippen LogP contribution is -2.43. The zero-order valence-electron chi connectivity index (χ0n) is 20.4. The average Bonchev–Trinajstić information content (AvgIpc) is 3.48. The van der Waals surface area contributed by atoms with Gasteiger partial charge in [-0.05, 0) is 56.0 Å². The molecular formula is C27H30N4O5. The third-order valence-electron chi connectivity index (χ3n) is 6.60. The second kappa shape index (κ2) is 10.6. The van der Waals surface area contributed by atoms with Crippen LogP contribution in [0, 0.1) is 6.92 Å². The molecule has 3 N–H and O–H groups in total. The minimum atomic E-state index is -0.898. The van der Waals surface area contributed by atoms with Gasteiger partial charge in [0.2, 0.25) is 5.91 Å². The van der Waals surface area contributed by atoms with Crippen molar-refractivity contribution >= 4 is 29.3 Å². The van der Waals surface area contributed by atoms with E-state index in [4.69, 9.17) is 9.63 Å². The Labute approximate surface area is 209 Å². The van der Waals surface area contributed by atoms with E-state index in [1.165, 1.54) is 0 Å². The van der Waals surface area contributed by atoms with Gasteiger partial charge in [-0.3, -0.25) is 9.59 Å². The topological polar surface area (TPSA) is 125 Å². The number of amides is 3. The molecule has 1 aromatic heterocycles. The Hall–Kier alpha value is -4.14. The molecule has 0 spiro atoms. The van der Waals surface area contributed by atoms with E-state index in [-0.39, 0.29) is 31.2 Å². The zero-order chi connectivity index (χ0) is 25.7. The van der Waals surface area contributed by atoms with E-state index in [1.54, 1.807) is 18.2 Å². The van der Waals surface area contributed by atoms with Crippen molar-refractivity contribution in [1.82, 2.24) is 10.1 Å². The monoisotopic (exact) mass is 490 g/mol. The third-order valence-corrected chi connectivity index (χ3v) is 6.60. The van der Waals surface area contributed by atoms with Crippen LogP contribution in [0.4, 0.5) is 16.2 Å². The first-order valence-corrected chi connectivity index (χ1v) is 12.0. The highest BCUT2D eigenvalue weighted by molar-refractivity contribution is 6.00. The number of urea groups is 1. The average molecular weight is 491 g/mol. The number of hydrogen-bond donors (Lipinski definition) is 3. The van der Waals surface area contributed by atoms with Crippen LogP contribution in [0.25, 0.3) is 0 Å². The summed E-state index contributed by atoms with van der Waals surface area (Å²) in [6.45, 7) is 4.51. The Morgan fingerprint density at radius 2 is 1.86 bits per heavy atom. The van der Waals surface area contributed by atoms with Crippen molar-refractivity contribution in [2.75, 3.05) is 17.2 Å². The van der Waals surface area contributed by atoms with Crippen molar-refractivity contribution in [3.05, 3.63) is 77.2 Å². The molecule has 3 amide bonds. The Morgan fingerprint density at radius 1 is 1.11 bits per heavy atom. The molecule has 0 saturated carbocycles. The number of aromatic nitrogens is 1. The molecule has 9 heteroatoms. The van der Waals surface area contributed by atoms with E-state index >= 15 is 0 Å². The van der Waals surface area contributed by atoms with Gasteiger partial charge in [0.15, 0.2) is 0 Å². The standard InChI is InChI=1S/C27H30N4O5/c1-18-6-3-4-7-22(18)29-26(35)28-20-10-8-19(9-11-20)16-24(32)31-15-5-14-27(31,2)23-17-21(36-30-23)12-13-25(33)34/h3-4,6-11,17H,5,12-16H2,1-2H3,(H,33,34)(H2,28,29,35).